The highest BCUT2D eigenvalue weighted by atomic mass is 32.2. The largest absolute Gasteiger partial charge is 0.361 e. The third-order valence-corrected chi connectivity index (χ3v) is 5.27. The highest BCUT2D eigenvalue weighted by molar-refractivity contribution is 7.99. The first kappa shape index (κ1) is 13.1. The van der Waals surface area contributed by atoms with Gasteiger partial charge in [0.05, 0.1) is 0 Å². The molecule has 2 N–H and O–H groups in total. The molecule has 1 fully saturated rings. The lowest BCUT2D eigenvalue weighted by atomic mass is 9.95. The fraction of sp³-hybridized carbons (Fsp3) is 0.500. The van der Waals surface area contributed by atoms with Crippen LogP contribution in [-0.2, 0) is 6.54 Å². The fourth-order valence-corrected chi connectivity index (χ4v) is 3.85. The van der Waals surface area contributed by atoms with E-state index in [2.05, 4.69) is 40.8 Å². The van der Waals surface area contributed by atoms with Crippen LogP contribution >= 0.6 is 11.8 Å². The van der Waals surface area contributed by atoms with E-state index < -0.39 is 0 Å². The number of fused-ring (bicyclic) bond motifs is 1. The van der Waals surface area contributed by atoms with Crippen LogP contribution in [0.3, 0.4) is 0 Å². The number of rotatable bonds is 4. The van der Waals surface area contributed by atoms with Crippen molar-refractivity contribution < 1.29 is 0 Å². The third kappa shape index (κ3) is 3.15. The summed E-state index contributed by atoms with van der Waals surface area (Å²) in [6.45, 7) is 0.993. The number of thioether (sulfide) groups is 1. The zero-order valence-corrected chi connectivity index (χ0v) is 12.3. The Hall–Kier alpha value is -0.930. The predicted octanol–water partition coefficient (Wildman–Crippen LogP) is 3.93. The molecule has 2 aromatic rings. The minimum Gasteiger partial charge on any atom is -0.361 e. The standard InChI is InChI=1S/C16H22N2S/c1-19-15-4-2-3-14(10-15)18-11-12-5-6-16-13(9-12)7-8-17-16/h5-9,14-15,17-18H,2-4,10-11H2,1H3. The Morgan fingerprint density at radius 3 is 3.16 bits per heavy atom. The molecule has 0 saturated heterocycles. The highest BCUT2D eigenvalue weighted by Crippen LogP contribution is 2.27. The van der Waals surface area contributed by atoms with Crippen LogP contribution < -0.4 is 5.32 Å². The summed E-state index contributed by atoms with van der Waals surface area (Å²) in [4.78, 5) is 3.24. The van der Waals surface area contributed by atoms with Gasteiger partial charge >= 0.3 is 0 Å². The topological polar surface area (TPSA) is 27.8 Å². The third-order valence-electron chi connectivity index (χ3n) is 4.17. The number of hydrogen-bond donors (Lipinski definition) is 2. The van der Waals surface area contributed by atoms with E-state index in [4.69, 9.17) is 0 Å². The Balaban J connectivity index is 1.59. The van der Waals surface area contributed by atoms with Gasteiger partial charge in [0.15, 0.2) is 0 Å². The van der Waals surface area contributed by atoms with E-state index in [9.17, 15) is 0 Å². The number of benzene rings is 1. The zero-order valence-electron chi connectivity index (χ0n) is 11.5. The van der Waals surface area contributed by atoms with Gasteiger partial charge in [0, 0.05) is 29.6 Å². The summed E-state index contributed by atoms with van der Waals surface area (Å²) >= 11 is 2.03. The van der Waals surface area contributed by atoms with Gasteiger partial charge in [0.25, 0.3) is 0 Å². The van der Waals surface area contributed by atoms with Crippen molar-refractivity contribution in [2.24, 2.45) is 0 Å². The maximum absolute atomic E-state index is 3.74. The molecule has 1 aliphatic carbocycles. The molecule has 1 aliphatic rings. The van der Waals surface area contributed by atoms with Crippen molar-refractivity contribution in [1.82, 2.24) is 10.3 Å². The smallest absolute Gasteiger partial charge is 0.0454 e. The molecule has 2 atom stereocenters. The minimum absolute atomic E-state index is 0.702. The molecule has 1 aromatic heterocycles. The summed E-state index contributed by atoms with van der Waals surface area (Å²) < 4.78 is 0. The maximum atomic E-state index is 3.74. The van der Waals surface area contributed by atoms with Gasteiger partial charge in [0.2, 0.25) is 0 Å². The Kier molecular flexibility index (Phi) is 4.14. The lowest BCUT2D eigenvalue weighted by Gasteiger charge is -2.28. The Bertz CT molecular complexity index is 534. The molecule has 1 aromatic carbocycles. The van der Waals surface area contributed by atoms with Crippen molar-refractivity contribution in [1.29, 1.82) is 0 Å². The molecule has 1 saturated carbocycles. The van der Waals surface area contributed by atoms with E-state index in [-0.39, 0.29) is 0 Å². The predicted molar refractivity (Wildman–Crippen MR) is 84.7 cm³/mol. The number of nitrogens with one attached hydrogen (secondary N) is 2. The van der Waals surface area contributed by atoms with E-state index in [0.717, 1.165) is 11.8 Å². The Morgan fingerprint density at radius 2 is 2.26 bits per heavy atom. The fourth-order valence-electron chi connectivity index (χ4n) is 3.02. The molecule has 0 spiro atoms. The first-order chi connectivity index (χ1) is 9.35. The Morgan fingerprint density at radius 1 is 1.32 bits per heavy atom. The normalized spacial score (nSPS) is 23.8. The second-order valence-corrected chi connectivity index (χ2v) is 6.64. The van der Waals surface area contributed by atoms with E-state index in [1.807, 2.05) is 18.0 Å². The molecule has 0 aliphatic heterocycles. The minimum atomic E-state index is 0.702. The van der Waals surface area contributed by atoms with Crippen molar-refractivity contribution in [3.05, 3.63) is 36.0 Å². The molecule has 0 amide bonds. The van der Waals surface area contributed by atoms with Crippen molar-refractivity contribution in [2.45, 2.75) is 43.5 Å². The summed E-state index contributed by atoms with van der Waals surface area (Å²) in [5.41, 5.74) is 2.61. The summed E-state index contributed by atoms with van der Waals surface area (Å²) in [5.74, 6) is 0. The van der Waals surface area contributed by atoms with Crippen LogP contribution in [0.5, 0.6) is 0 Å². The van der Waals surface area contributed by atoms with Gasteiger partial charge < -0.3 is 10.3 Å². The van der Waals surface area contributed by atoms with Crippen LogP contribution in [0.4, 0.5) is 0 Å². The zero-order chi connectivity index (χ0) is 13.1. The second kappa shape index (κ2) is 6.02. The average Bonchev–Trinajstić information content (AvgIpc) is 2.93. The highest BCUT2D eigenvalue weighted by Gasteiger charge is 2.20. The summed E-state index contributed by atoms with van der Waals surface area (Å²) in [7, 11) is 0. The molecule has 3 heteroatoms. The van der Waals surface area contributed by atoms with Crippen LogP contribution in [0.2, 0.25) is 0 Å². The van der Waals surface area contributed by atoms with Crippen LogP contribution in [0, 0.1) is 0 Å². The van der Waals surface area contributed by atoms with Gasteiger partial charge in [-0.05, 0) is 54.7 Å². The molecule has 0 bridgehead atoms. The molecule has 102 valence electrons. The van der Waals surface area contributed by atoms with Gasteiger partial charge in [-0.25, -0.2) is 0 Å². The van der Waals surface area contributed by atoms with Crippen molar-refractivity contribution in [3.8, 4) is 0 Å². The van der Waals surface area contributed by atoms with Crippen LogP contribution in [0.25, 0.3) is 10.9 Å². The van der Waals surface area contributed by atoms with Crippen molar-refractivity contribution in [2.75, 3.05) is 6.26 Å². The first-order valence-electron chi connectivity index (χ1n) is 7.17. The van der Waals surface area contributed by atoms with E-state index in [1.54, 1.807) is 0 Å². The van der Waals surface area contributed by atoms with Gasteiger partial charge in [0.1, 0.15) is 0 Å². The quantitative estimate of drug-likeness (QED) is 0.884. The Labute approximate surface area is 119 Å². The van der Waals surface area contributed by atoms with Crippen LogP contribution in [0.15, 0.2) is 30.5 Å². The molecular weight excluding hydrogens is 252 g/mol. The molecule has 0 radical (unpaired) electrons. The second-order valence-electron chi connectivity index (χ2n) is 5.50. The molecule has 1 heterocycles. The number of aromatic amines is 1. The molecule has 3 rings (SSSR count). The number of hydrogen-bond acceptors (Lipinski definition) is 2. The van der Waals surface area contributed by atoms with Gasteiger partial charge in [-0.1, -0.05) is 12.5 Å². The maximum Gasteiger partial charge on any atom is 0.0454 e. The lowest BCUT2D eigenvalue weighted by Crippen LogP contribution is -2.34. The lowest BCUT2D eigenvalue weighted by molar-refractivity contribution is 0.380. The summed E-state index contributed by atoms with van der Waals surface area (Å²) in [6.07, 6.45) is 9.69. The van der Waals surface area contributed by atoms with Gasteiger partial charge in [-0.2, -0.15) is 11.8 Å². The molecule has 2 nitrogen and oxygen atoms in total. The average molecular weight is 274 g/mol. The van der Waals surface area contributed by atoms with Crippen LogP contribution in [-0.4, -0.2) is 22.5 Å². The van der Waals surface area contributed by atoms with Crippen LogP contribution in [0.1, 0.15) is 31.2 Å². The molecule has 2 unspecified atom stereocenters. The van der Waals surface area contributed by atoms with Crippen molar-refractivity contribution in [3.63, 3.8) is 0 Å². The number of aromatic nitrogens is 1. The summed E-state index contributed by atoms with van der Waals surface area (Å²) in [5, 5.41) is 5.91. The molecular formula is C16H22N2S. The SMILES string of the molecule is CSC1CCCC(NCc2ccc3[nH]ccc3c2)C1. The first-order valence-corrected chi connectivity index (χ1v) is 8.46. The van der Waals surface area contributed by atoms with Gasteiger partial charge in [-0.15, -0.1) is 0 Å². The number of H-pyrrole nitrogens is 1. The van der Waals surface area contributed by atoms with Crippen molar-refractivity contribution >= 4 is 22.7 Å². The van der Waals surface area contributed by atoms with E-state index >= 15 is 0 Å². The van der Waals surface area contributed by atoms with Gasteiger partial charge in [-0.3, -0.25) is 0 Å². The molecule has 19 heavy (non-hydrogen) atoms. The monoisotopic (exact) mass is 274 g/mol. The summed E-state index contributed by atoms with van der Waals surface area (Å²) in [6, 6.07) is 9.53. The van der Waals surface area contributed by atoms with E-state index in [0.29, 0.717) is 6.04 Å². The van der Waals surface area contributed by atoms with E-state index in [1.165, 1.54) is 42.1 Å².